The van der Waals surface area contributed by atoms with Gasteiger partial charge in [0.25, 0.3) is 0 Å². The van der Waals surface area contributed by atoms with Crippen molar-refractivity contribution in [2.75, 3.05) is 33.3 Å². The number of carboxylic acid groups (broad SMARTS) is 1. The molecule has 0 radical (unpaired) electrons. The first kappa shape index (κ1) is 19.6. The van der Waals surface area contributed by atoms with Crippen molar-refractivity contribution < 1.29 is 23.8 Å². The van der Waals surface area contributed by atoms with Crippen LogP contribution in [0.15, 0.2) is 18.2 Å². The normalized spacial score (nSPS) is 20.3. The summed E-state index contributed by atoms with van der Waals surface area (Å²) in [5.41, 5.74) is 0.390. The Morgan fingerprint density at radius 1 is 1.15 bits per heavy atom. The lowest BCUT2D eigenvalue weighted by Crippen LogP contribution is -2.46. The lowest BCUT2D eigenvalue weighted by Gasteiger charge is -2.37. The van der Waals surface area contributed by atoms with Gasteiger partial charge in [-0.3, -0.25) is 14.5 Å². The number of halogens is 1. The summed E-state index contributed by atoms with van der Waals surface area (Å²) in [6.45, 7) is 2.69. The minimum atomic E-state index is -1.01. The summed E-state index contributed by atoms with van der Waals surface area (Å²) in [4.78, 5) is 28.3. The average molecular weight is 378 g/mol. The molecule has 2 saturated heterocycles. The maximum Gasteiger partial charge on any atom is 0.325 e. The highest BCUT2D eigenvalue weighted by atomic mass is 19.1. The Balaban J connectivity index is 1.66. The number of rotatable bonds is 5. The smallest absolute Gasteiger partial charge is 0.325 e. The number of methoxy groups -OCH3 is 1. The van der Waals surface area contributed by atoms with Crippen molar-refractivity contribution in [3.8, 4) is 5.75 Å². The van der Waals surface area contributed by atoms with Gasteiger partial charge in [0.15, 0.2) is 11.6 Å². The van der Waals surface area contributed by atoms with Crippen molar-refractivity contribution in [1.29, 1.82) is 0 Å². The van der Waals surface area contributed by atoms with Gasteiger partial charge in [-0.1, -0.05) is 6.07 Å². The summed E-state index contributed by atoms with van der Waals surface area (Å²) >= 11 is 0. The molecule has 1 N–H and O–H groups in total. The molecule has 1 amide bonds. The lowest BCUT2D eigenvalue weighted by molar-refractivity contribution is -0.145. The standard InChI is InChI=1S/C20H27FN2O4/c1-27-17-6-5-15(13-16(17)21)18(20(25)26)22-11-7-14(8-12-22)19(24)23-9-3-2-4-10-23/h5-6,13-14,18H,2-4,7-12H2,1H3,(H,25,26)/t18-/m0/s1. The third-order valence-corrected chi connectivity index (χ3v) is 5.64. The fourth-order valence-electron chi connectivity index (χ4n) is 4.14. The molecule has 1 aromatic carbocycles. The summed E-state index contributed by atoms with van der Waals surface area (Å²) in [5, 5.41) is 9.70. The predicted octanol–water partition coefficient (Wildman–Crippen LogP) is 2.68. The Kier molecular flexibility index (Phi) is 6.31. The predicted molar refractivity (Wildman–Crippen MR) is 98.1 cm³/mol. The zero-order valence-electron chi connectivity index (χ0n) is 15.7. The molecule has 0 saturated carbocycles. The molecule has 0 bridgehead atoms. The van der Waals surface area contributed by atoms with Gasteiger partial charge in [-0.05, 0) is 49.8 Å². The molecule has 7 heteroatoms. The second-order valence-corrected chi connectivity index (χ2v) is 7.33. The first-order chi connectivity index (χ1) is 13.0. The molecule has 0 spiro atoms. The number of hydrogen-bond acceptors (Lipinski definition) is 4. The highest BCUT2D eigenvalue weighted by molar-refractivity contribution is 5.79. The van der Waals surface area contributed by atoms with Gasteiger partial charge < -0.3 is 14.7 Å². The summed E-state index contributed by atoms with van der Waals surface area (Å²) in [7, 11) is 1.37. The maximum atomic E-state index is 14.0. The molecule has 3 rings (SSSR count). The van der Waals surface area contributed by atoms with Gasteiger partial charge in [0.1, 0.15) is 6.04 Å². The highest BCUT2D eigenvalue weighted by Gasteiger charge is 2.35. The Hall–Kier alpha value is -2.15. The van der Waals surface area contributed by atoms with Gasteiger partial charge >= 0.3 is 5.97 Å². The quantitative estimate of drug-likeness (QED) is 0.853. The molecule has 0 aromatic heterocycles. The van der Waals surface area contributed by atoms with E-state index in [1.807, 2.05) is 9.80 Å². The number of aliphatic carboxylic acids is 1. The van der Waals surface area contributed by atoms with Crippen LogP contribution in [0, 0.1) is 11.7 Å². The number of hydrogen-bond donors (Lipinski definition) is 1. The van der Waals surface area contributed by atoms with E-state index in [2.05, 4.69) is 0 Å². The molecule has 2 aliphatic rings. The van der Waals surface area contributed by atoms with Crippen molar-refractivity contribution in [1.82, 2.24) is 9.80 Å². The van der Waals surface area contributed by atoms with E-state index >= 15 is 0 Å². The Labute approximate surface area is 158 Å². The Morgan fingerprint density at radius 3 is 2.37 bits per heavy atom. The first-order valence-electron chi connectivity index (χ1n) is 9.60. The molecular weight excluding hydrogens is 351 g/mol. The zero-order chi connectivity index (χ0) is 19.4. The van der Waals surface area contributed by atoms with E-state index in [1.54, 1.807) is 6.07 Å². The number of carboxylic acids is 1. The SMILES string of the molecule is COc1ccc([C@@H](C(=O)O)N2CCC(C(=O)N3CCCCC3)CC2)cc1F. The van der Waals surface area contributed by atoms with Crippen molar-refractivity contribution in [3.05, 3.63) is 29.6 Å². The minimum absolute atomic E-state index is 0.0404. The average Bonchev–Trinajstić information content (AvgIpc) is 2.69. The van der Waals surface area contributed by atoms with Crippen LogP contribution in [0.3, 0.4) is 0 Å². The molecule has 27 heavy (non-hydrogen) atoms. The fourth-order valence-corrected chi connectivity index (χ4v) is 4.14. The van der Waals surface area contributed by atoms with Crippen LogP contribution in [-0.2, 0) is 9.59 Å². The number of nitrogens with zero attached hydrogens (tertiary/aromatic N) is 2. The second-order valence-electron chi connectivity index (χ2n) is 7.33. The molecule has 6 nitrogen and oxygen atoms in total. The third kappa shape index (κ3) is 4.40. The lowest BCUT2D eigenvalue weighted by atomic mass is 9.92. The zero-order valence-corrected chi connectivity index (χ0v) is 15.7. The Bertz CT molecular complexity index is 683. The van der Waals surface area contributed by atoms with Crippen LogP contribution in [0.2, 0.25) is 0 Å². The number of carbonyl (C=O) groups excluding carboxylic acids is 1. The topological polar surface area (TPSA) is 70.1 Å². The summed E-state index contributed by atoms with van der Waals surface area (Å²) < 4.78 is 18.9. The highest BCUT2D eigenvalue weighted by Crippen LogP contribution is 2.30. The van der Waals surface area contributed by atoms with E-state index in [1.165, 1.54) is 25.7 Å². The number of carbonyl (C=O) groups is 2. The Morgan fingerprint density at radius 2 is 1.81 bits per heavy atom. The van der Waals surface area contributed by atoms with Crippen LogP contribution in [0.4, 0.5) is 4.39 Å². The van der Waals surface area contributed by atoms with E-state index in [9.17, 15) is 19.1 Å². The second kappa shape index (κ2) is 8.69. The van der Waals surface area contributed by atoms with E-state index in [0.29, 0.717) is 31.5 Å². The van der Waals surface area contributed by atoms with Crippen molar-refractivity contribution in [2.45, 2.75) is 38.1 Å². The van der Waals surface area contributed by atoms with Crippen molar-refractivity contribution in [2.24, 2.45) is 5.92 Å². The van der Waals surface area contributed by atoms with E-state index in [4.69, 9.17) is 4.74 Å². The first-order valence-corrected chi connectivity index (χ1v) is 9.60. The largest absolute Gasteiger partial charge is 0.494 e. The molecule has 2 fully saturated rings. The molecule has 1 atom stereocenters. The van der Waals surface area contributed by atoms with Crippen molar-refractivity contribution >= 4 is 11.9 Å². The van der Waals surface area contributed by atoms with E-state index in [-0.39, 0.29) is 17.6 Å². The van der Waals surface area contributed by atoms with Crippen LogP contribution in [0.25, 0.3) is 0 Å². The molecular formula is C20H27FN2O4. The van der Waals surface area contributed by atoms with Crippen LogP contribution >= 0.6 is 0 Å². The van der Waals surface area contributed by atoms with Crippen LogP contribution in [-0.4, -0.2) is 60.1 Å². The molecule has 0 unspecified atom stereocenters. The molecule has 0 aliphatic carbocycles. The van der Waals surface area contributed by atoms with Gasteiger partial charge in [0, 0.05) is 32.1 Å². The van der Waals surface area contributed by atoms with Gasteiger partial charge in [0.05, 0.1) is 7.11 Å². The van der Waals surface area contributed by atoms with Crippen LogP contribution < -0.4 is 4.74 Å². The monoisotopic (exact) mass is 378 g/mol. The molecule has 2 aliphatic heterocycles. The van der Waals surface area contributed by atoms with Crippen LogP contribution in [0.1, 0.15) is 43.7 Å². The third-order valence-electron chi connectivity index (χ3n) is 5.64. The van der Waals surface area contributed by atoms with Crippen molar-refractivity contribution in [3.63, 3.8) is 0 Å². The fraction of sp³-hybridized carbons (Fsp3) is 0.600. The van der Waals surface area contributed by atoms with E-state index < -0.39 is 17.8 Å². The number of likely N-dealkylation sites (tertiary alicyclic amines) is 2. The van der Waals surface area contributed by atoms with E-state index in [0.717, 1.165) is 25.9 Å². The summed E-state index contributed by atoms with van der Waals surface area (Å²) in [5.74, 6) is -1.33. The van der Waals surface area contributed by atoms with Gasteiger partial charge in [-0.15, -0.1) is 0 Å². The number of amides is 1. The van der Waals surface area contributed by atoms with Gasteiger partial charge in [-0.2, -0.15) is 0 Å². The number of benzene rings is 1. The minimum Gasteiger partial charge on any atom is -0.494 e. The van der Waals surface area contributed by atoms with Gasteiger partial charge in [-0.25, -0.2) is 4.39 Å². The summed E-state index contributed by atoms with van der Waals surface area (Å²) in [6, 6.07) is 3.35. The molecule has 2 heterocycles. The maximum absolute atomic E-state index is 14.0. The number of piperidine rings is 2. The summed E-state index contributed by atoms with van der Waals surface area (Å²) in [6.07, 6.45) is 4.58. The van der Waals surface area contributed by atoms with Crippen LogP contribution in [0.5, 0.6) is 5.75 Å². The molecule has 1 aromatic rings. The van der Waals surface area contributed by atoms with Gasteiger partial charge in [0.2, 0.25) is 5.91 Å². The number of ether oxygens (including phenoxy) is 1. The molecule has 148 valence electrons.